The van der Waals surface area contributed by atoms with E-state index < -0.39 is 6.04 Å². The molecule has 30 heavy (non-hydrogen) atoms. The van der Waals surface area contributed by atoms with Gasteiger partial charge < -0.3 is 15.6 Å². The third-order valence-corrected chi connectivity index (χ3v) is 5.69. The van der Waals surface area contributed by atoms with E-state index in [1.807, 2.05) is 37.4 Å². The highest BCUT2D eigenvalue weighted by atomic mass is 16.2. The number of nitrogens with zero attached hydrogens (tertiary/aromatic N) is 1. The lowest BCUT2D eigenvalue weighted by Crippen LogP contribution is -2.35. The maximum atomic E-state index is 12.7. The monoisotopic (exact) mass is 412 g/mol. The second-order valence-electron chi connectivity index (χ2n) is 8.10. The number of hydrogen-bond acceptors (Lipinski definition) is 3. The molecule has 0 saturated carbocycles. The average molecular weight is 413 g/mol. The van der Waals surface area contributed by atoms with Crippen molar-refractivity contribution in [1.82, 2.24) is 20.5 Å². The van der Waals surface area contributed by atoms with Crippen LogP contribution in [0.5, 0.6) is 0 Å². The van der Waals surface area contributed by atoms with Gasteiger partial charge in [0.15, 0.2) is 0 Å². The van der Waals surface area contributed by atoms with Crippen molar-refractivity contribution in [3.63, 3.8) is 0 Å². The minimum absolute atomic E-state index is 0.0710. The second kappa shape index (κ2) is 10.3. The summed E-state index contributed by atoms with van der Waals surface area (Å²) in [5.41, 5.74) is 2.11. The zero-order valence-corrected chi connectivity index (χ0v) is 17.9. The van der Waals surface area contributed by atoms with E-state index in [4.69, 9.17) is 0 Å². The molecule has 0 bridgehead atoms. The molecule has 162 valence electrons. The van der Waals surface area contributed by atoms with Crippen LogP contribution in [0.3, 0.4) is 0 Å². The molecule has 1 aromatic heterocycles. The zero-order valence-electron chi connectivity index (χ0n) is 17.9. The fraction of sp³-hybridized carbons (Fsp3) is 0.522. The van der Waals surface area contributed by atoms with E-state index in [0.717, 1.165) is 42.1 Å². The maximum Gasteiger partial charge on any atom is 0.324 e. The van der Waals surface area contributed by atoms with Gasteiger partial charge in [-0.05, 0) is 37.8 Å². The Morgan fingerprint density at radius 3 is 2.83 bits per heavy atom. The molecule has 0 spiro atoms. The lowest BCUT2D eigenvalue weighted by Gasteiger charge is -2.15. The van der Waals surface area contributed by atoms with Gasteiger partial charge >= 0.3 is 6.03 Å². The molecule has 7 nitrogen and oxygen atoms in total. The number of benzene rings is 1. The number of fused-ring (bicyclic) bond motifs is 1. The van der Waals surface area contributed by atoms with Crippen LogP contribution in [0.1, 0.15) is 57.9 Å². The lowest BCUT2D eigenvalue weighted by molar-refractivity contribution is -0.127. The van der Waals surface area contributed by atoms with E-state index in [9.17, 15) is 14.4 Å². The Balaban J connectivity index is 1.45. The normalized spacial score (nSPS) is 17.4. The molecule has 1 saturated heterocycles. The number of unbranched alkanes of at least 4 members (excludes halogenated alkanes) is 2. The van der Waals surface area contributed by atoms with E-state index >= 15 is 0 Å². The third-order valence-electron chi connectivity index (χ3n) is 5.69. The van der Waals surface area contributed by atoms with Crippen LogP contribution < -0.4 is 10.6 Å². The number of aromatic amines is 1. The largest absolute Gasteiger partial charge is 0.361 e. The van der Waals surface area contributed by atoms with Gasteiger partial charge in [-0.2, -0.15) is 0 Å². The molecular formula is C23H32N4O3. The molecule has 2 atom stereocenters. The number of H-pyrrole nitrogens is 1. The topological polar surface area (TPSA) is 94.3 Å². The molecular weight excluding hydrogens is 380 g/mol. The Hall–Kier alpha value is -2.83. The fourth-order valence-electron chi connectivity index (χ4n) is 3.95. The van der Waals surface area contributed by atoms with Crippen molar-refractivity contribution in [3.8, 4) is 0 Å². The van der Waals surface area contributed by atoms with E-state index in [1.165, 1.54) is 4.90 Å². The number of nitrogens with one attached hydrogen (secondary N) is 3. The highest BCUT2D eigenvalue weighted by molar-refractivity contribution is 6.04. The van der Waals surface area contributed by atoms with Gasteiger partial charge in [-0.25, -0.2) is 4.79 Å². The van der Waals surface area contributed by atoms with Crippen molar-refractivity contribution in [3.05, 3.63) is 36.0 Å². The van der Waals surface area contributed by atoms with Crippen molar-refractivity contribution >= 4 is 28.7 Å². The summed E-state index contributed by atoms with van der Waals surface area (Å²) in [6.07, 6.45) is 7.43. The number of amides is 4. The van der Waals surface area contributed by atoms with Gasteiger partial charge in [-0.1, -0.05) is 44.4 Å². The van der Waals surface area contributed by atoms with Gasteiger partial charge in [0.05, 0.1) is 0 Å². The first-order chi connectivity index (χ1) is 14.5. The summed E-state index contributed by atoms with van der Waals surface area (Å²) in [6.45, 7) is 4.48. The lowest BCUT2D eigenvalue weighted by atomic mass is 10.1. The first-order valence-corrected chi connectivity index (χ1v) is 11.0. The molecule has 1 aliphatic rings. The highest BCUT2D eigenvalue weighted by Gasteiger charge is 2.37. The predicted octanol–water partition coefficient (Wildman–Crippen LogP) is 3.50. The summed E-state index contributed by atoms with van der Waals surface area (Å²) in [6, 6.07) is 7.09. The summed E-state index contributed by atoms with van der Waals surface area (Å²) >= 11 is 0. The van der Waals surface area contributed by atoms with Crippen LogP contribution in [0, 0.1) is 0 Å². The summed E-state index contributed by atoms with van der Waals surface area (Å²) < 4.78 is 0. The maximum absolute atomic E-state index is 12.7. The molecule has 1 aliphatic heterocycles. The van der Waals surface area contributed by atoms with E-state index in [0.29, 0.717) is 19.4 Å². The van der Waals surface area contributed by atoms with E-state index in [-0.39, 0.29) is 30.3 Å². The molecule has 3 N–H and O–H groups in total. The molecule has 1 fully saturated rings. The molecule has 0 radical (unpaired) electrons. The number of para-hydroxylation sites is 1. The Bertz CT molecular complexity index is 891. The number of hydrogen-bond donors (Lipinski definition) is 3. The predicted molar refractivity (Wildman–Crippen MR) is 117 cm³/mol. The minimum Gasteiger partial charge on any atom is -0.361 e. The van der Waals surface area contributed by atoms with Crippen LogP contribution in [0.4, 0.5) is 4.79 Å². The van der Waals surface area contributed by atoms with Crippen molar-refractivity contribution < 1.29 is 14.4 Å². The Morgan fingerprint density at radius 2 is 2.03 bits per heavy atom. The van der Waals surface area contributed by atoms with Crippen LogP contribution in [-0.2, 0) is 16.0 Å². The Morgan fingerprint density at radius 1 is 1.23 bits per heavy atom. The molecule has 0 aliphatic carbocycles. The van der Waals surface area contributed by atoms with Gasteiger partial charge in [0.1, 0.15) is 6.04 Å². The molecule has 4 amide bonds. The third kappa shape index (κ3) is 5.40. The number of urea groups is 1. The Kier molecular flexibility index (Phi) is 7.49. The molecule has 2 aromatic rings. The number of rotatable bonds is 11. The summed E-state index contributed by atoms with van der Waals surface area (Å²) in [4.78, 5) is 41.6. The van der Waals surface area contributed by atoms with Crippen LogP contribution >= 0.6 is 0 Å². The van der Waals surface area contributed by atoms with Crippen LogP contribution in [0.15, 0.2) is 30.5 Å². The molecule has 0 unspecified atom stereocenters. The summed E-state index contributed by atoms with van der Waals surface area (Å²) in [7, 11) is 0. The van der Waals surface area contributed by atoms with Crippen molar-refractivity contribution in [1.29, 1.82) is 0 Å². The van der Waals surface area contributed by atoms with Crippen LogP contribution in [0.2, 0.25) is 0 Å². The molecule has 1 aromatic carbocycles. The molecule has 2 heterocycles. The first kappa shape index (κ1) is 21.9. The standard InChI is InChI=1S/C23H32N4O3/c1-3-4-5-8-16(2)25-21(28)12-11-20-22(29)27(23(30)26-20)14-13-17-15-24-19-10-7-6-9-18(17)19/h6-7,9-10,15-16,20,24H,3-5,8,11-14H2,1-2H3,(H,25,28)(H,26,30)/t16-,20-/m0/s1. The van der Waals surface area contributed by atoms with Gasteiger partial charge in [-0.3, -0.25) is 14.5 Å². The minimum atomic E-state index is -0.624. The quantitative estimate of drug-likeness (QED) is 0.389. The molecule has 7 heteroatoms. The van der Waals surface area contributed by atoms with Gasteiger partial charge in [0, 0.05) is 36.1 Å². The summed E-state index contributed by atoms with van der Waals surface area (Å²) in [5.74, 6) is -0.318. The summed E-state index contributed by atoms with van der Waals surface area (Å²) in [5, 5.41) is 6.80. The van der Waals surface area contributed by atoms with E-state index in [1.54, 1.807) is 0 Å². The SMILES string of the molecule is CCCCC[C@H](C)NC(=O)CC[C@@H]1NC(=O)N(CCc2c[nH]c3ccccc23)C1=O. The van der Waals surface area contributed by atoms with Crippen molar-refractivity contribution in [2.24, 2.45) is 0 Å². The van der Waals surface area contributed by atoms with Crippen LogP contribution in [-0.4, -0.2) is 46.4 Å². The number of aromatic nitrogens is 1. The van der Waals surface area contributed by atoms with Gasteiger partial charge in [-0.15, -0.1) is 0 Å². The number of carbonyl (C=O) groups excluding carboxylic acids is 3. The highest BCUT2D eigenvalue weighted by Crippen LogP contribution is 2.19. The number of imide groups is 1. The van der Waals surface area contributed by atoms with Gasteiger partial charge in [0.25, 0.3) is 5.91 Å². The fourth-order valence-corrected chi connectivity index (χ4v) is 3.95. The molecule has 3 rings (SSSR count). The van der Waals surface area contributed by atoms with Crippen molar-refractivity contribution in [2.75, 3.05) is 6.54 Å². The van der Waals surface area contributed by atoms with Crippen molar-refractivity contribution in [2.45, 2.75) is 70.9 Å². The second-order valence-corrected chi connectivity index (χ2v) is 8.10. The smallest absolute Gasteiger partial charge is 0.324 e. The zero-order chi connectivity index (χ0) is 21.5. The van der Waals surface area contributed by atoms with Crippen LogP contribution in [0.25, 0.3) is 10.9 Å². The average Bonchev–Trinajstić information content (AvgIpc) is 3.25. The number of carbonyl (C=O) groups is 3. The Labute approximate surface area is 177 Å². The first-order valence-electron chi connectivity index (χ1n) is 11.0. The van der Waals surface area contributed by atoms with Gasteiger partial charge in [0.2, 0.25) is 5.91 Å². The van der Waals surface area contributed by atoms with E-state index in [2.05, 4.69) is 22.5 Å².